The summed E-state index contributed by atoms with van der Waals surface area (Å²) in [7, 11) is 0. The van der Waals surface area contributed by atoms with E-state index in [0.29, 0.717) is 11.7 Å². The quantitative estimate of drug-likeness (QED) is 0.554. The molecule has 3 atom stereocenters. The van der Waals surface area contributed by atoms with Gasteiger partial charge in [-0.2, -0.15) is 0 Å². The van der Waals surface area contributed by atoms with E-state index in [9.17, 15) is 4.79 Å². The van der Waals surface area contributed by atoms with Crippen molar-refractivity contribution in [3.8, 4) is 0 Å². The molecule has 1 heteroatoms. The number of allylic oxidation sites excluding steroid dienone is 2. The molecule has 0 aromatic rings. The molecule has 70 valence electrons. The van der Waals surface area contributed by atoms with Crippen molar-refractivity contribution in [3.05, 3.63) is 12.2 Å². The lowest BCUT2D eigenvalue weighted by atomic mass is 9.64. The highest BCUT2D eigenvalue weighted by atomic mass is 16.1. The molecule has 0 radical (unpaired) electrons. The zero-order chi connectivity index (χ0) is 8.89. The Morgan fingerprint density at radius 2 is 2.15 bits per heavy atom. The molecule has 2 fully saturated rings. The lowest BCUT2D eigenvalue weighted by Crippen LogP contribution is -2.38. The van der Waals surface area contributed by atoms with Gasteiger partial charge in [0.2, 0.25) is 0 Å². The van der Waals surface area contributed by atoms with Crippen LogP contribution in [-0.4, -0.2) is 5.78 Å². The molecule has 0 aliphatic heterocycles. The normalized spacial score (nSPS) is 47.8. The minimum absolute atomic E-state index is 0.109. The Balaban J connectivity index is 2.03. The fourth-order valence-electron chi connectivity index (χ4n) is 3.93. The zero-order valence-corrected chi connectivity index (χ0v) is 7.96. The third-order valence-corrected chi connectivity index (χ3v) is 4.55. The molecule has 3 unspecified atom stereocenters. The monoisotopic (exact) mass is 176 g/mol. The van der Waals surface area contributed by atoms with Gasteiger partial charge in [-0.25, -0.2) is 0 Å². The maximum absolute atomic E-state index is 11.9. The van der Waals surface area contributed by atoms with E-state index in [0.717, 1.165) is 5.92 Å². The van der Waals surface area contributed by atoms with Gasteiger partial charge >= 0.3 is 0 Å². The van der Waals surface area contributed by atoms with E-state index in [1.165, 1.54) is 38.5 Å². The molecule has 13 heavy (non-hydrogen) atoms. The predicted molar refractivity (Wildman–Crippen MR) is 51.3 cm³/mol. The molecular weight excluding hydrogens is 160 g/mol. The number of hydrogen-bond donors (Lipinski definition) is 0. The number of ketones is 1. The molecule has 0 amide bonds. The van der Waals surface area contributed by atoms with Gasteiger partial charge in [0, 0.05) is 5.41 Å². The Morgan fingerprint density at radius 3 is 3.08 bits per heavy atom. The summed E-state index contributed by atoms with van der Waals surface area (Å²) in [5, 5.41) is 0. The van der Waals surface area contributed by atoms with Gasteiger partial charge in [0.1, 0.15) is 0 Å². The van der Waals surface area contributed by atoms with Crippen molar-refractivity contribution in [3.63, 3.8) is 0 Å². The molecule has 3 aliphatic carbocycles. The van der Waals surface area contributed by atoms with E-state index >= 15 is 0 Å². The second-order valence-electron chi connectivity index (χ2n) is 4.89. The fraction of sp³-hybridized carbons (Fsp3) is 0.750. The average Bonchev–Trinajstić information content (AvgIpc) is 2.65. The number of hydrogen-bond acceptors (Lipinski definition) is 1. The first-order chi connectivity index (χ1) is 6.34. The first kappa shape index (κ1) is 7.78. The number of rotatable bonds is 0. The van der Waals surface area contributed by atoms with Crippen LogP contribution in [0.2, 0.25) is 0 Å². The van der Waals surface area contributed by atoms with Crippen LogP contribution in [0.3, 0.4) is 0 Å². The molecule has 0 aromatic carbocycles. The minimum atomic E-state index is 0.109. The van der Waals surface area contributed by atoms with Crippen LogP contribution in [0.5, 0.6) is 0 Å². The summed E-state index contributed by atoms with van der Waals surface area (Å²) in [5.74, 6) is 1.80. The highest BCUT2D eigenvalue weighted by molar-refractivity contribution is 5.98. The average molecular weight is 176 g/mol. The molecular formula is C12H16O. The standard InChI is InChI=1S/C12H16O/c13-11-7-6-10-5-4-9-3-1-2-8-12(9,10)11/h6-7,9-10H,1-5,8H2. The Bertz CT molecular complexity index is 279. The van der Waals surface area contributed by atoms with E-state index in [1.807, 2.05) is 6.08 Å². The van der Waals surface area contributed by atoms with E-state index in [1.54, 1.807) is 0 Å². The Labute approximate surface area is 79.2 Å². The van der Waals surface area contributed by atoms with Gasteiger partial charge < -0.3 is 0 Å². The van der Waals surface area contributed by atoms with Crippen molar-refractivity contribution in [2.24, 2.45) is 17.3 Å². The van der Waals surface area contributed by atoms with Crippen LogP contribution in [0.4, 0.5) is 0 Å². The van der Waals surface area contributed by atoms with Crippen LogP contribution in [0.25, 0.3) is 0 Å². The second-order valence-corrected chi connectivity index (χ2v) is 4.89. The molecule has 1 nitrogen and oxygen atoms in total. The van der Waals surface area contributed by atoms with Gasteiger partial charge in [0.05, 0.1) is 0 Å². The van der Waals surface area contributed by atoms with Crippen molar-refractivity contribution >= 4 is 5.78 Å². The van der Waals surface area contributed by atoms with E-state index in [4.69, 9.17) is 0 Å². The van der Waals surface area contributed by atoms with Crippen molar-refractivity contribution in [1.29, 1.82) is 0 Å². The third-order valence-electron chi connectivity index (χ3n) is 4.55. The summed E-state index contributed by atoms with van der Waals surface area (Å²) in [5.41, 5.74) is 0.109. The second kappa shape index (κ2) is 2.46. The van der Waals surface area contributed by atoms with Crippen molar-refractivity contribution in [1.82, 2.24) is 0 Å². The summed E-state index contributed by atoms with van der Waals surface area (Å²) in [6, 6.07) is 0. The predicted octanol–water partition coefficient (Wildman–Crippen LogP) is 2.71. The highest BCUT2D eigenvalue weighted by Gasteiger charge is 2.56. The summed E-state index contributed by atoms with van der Waals surface area (Å²) >= 11 is 0. The van der Waals surface area contributed by atoms with Gasteiger partial charge in [-0.1, -0.05) is 18.9 Å². The van der Waals surface area contributed by atoms with Gasteiger partial charge in [-0.15, -0.1) is 0 Å². The van der Waals surface area contributed by atoms with Crippen LogP contribution in [0.15, 0.2) is 12.2 Å². The molecule has 0 bridgehead atoms. The Hall–Kier alpha value is -0.590. The van der Waals surface area contributed by atoms with Crippen LogP contribution < -0.4 is 0 Å². The maximum Gasteiger partial charge on any atom is 0.162 e. The minimum Gasteiger partial charge on any atom is -0.294 e. The summed E-state index contributed by atoms with van der Waals surface area (Å²) in [4.78, 5) is 11.9. The van der Waals surface area contributed by atoms with Gasteiger partial charge in [-0.3, -0.25) is 4.79 Å². The molecule has 1 spiro atoms. The topological polar surface area (TPSA) is 17.1 Å². The van der Waals surface area contributed by atoms with Crippen molar-refractivity contribution < 1.29 is 4.79 Å². The van der Waals surface area contributed by atoms with E-state index in [2.05, 4.69) is 6.08 Å². The van der Waals surface area contributed by atoms with Crippen LogP contribution in [0.1, 0.15) is 38.5 Å². The first-order valence-electron chi connectivity index (χ1n) is 5.57. The molecule has 0 heterocycles. The highest BCUT2D eigenvalue weighted by Crippen LogP contribution is 2.59. The SMILES string of the molecule is O=C1C=CC2CCC3CCCCC123. The van der Waals surface area contributed by atoms with Crippen LogP contribution >= 0.6 is 0 Å². The zero-order valence-electron chi connectivity index (χ0n) is 7.96. The summed E-state index contributed by atoms with van der Waals surface area (Å²) < 4.78 is 0. The number of carbonyl (C=O) groups is 1. The van der Waals surface area contributed by atoms with Gasteiger partial charge in [0.25, 0.3) is 0 Å². The lowest BCUT2D eigenvalue weighted by Gasteiger charge is -2.38. The van der Waals surface area contributed by atoms with Gasteiger partial charge in [-0.05, 0) is 43.6 Å². The van der Waals surface area contributed by atoms with Crippen LogP contribution in [-0.2, 0) is 4.79 Å². The van der Waals surface area contributed by atoms with Crippen molar-refractivity contribution in [2.45, 2.75) is 38.5 Å². The van der Waals surface area contributed by atoms with E-state index < -0.39 is 0 Å². The third kappa shape index (κ3) is 0.806. The maximum atomic E-state index is 11.9. The molecule has 0 N–H and O–H groups in total. The number of carbonyl (C=O) groups excluding carboxylic acids is 1. The molecule has 0 aromatic heterocycles. The molecule has 3 aliphatic rings. The van der Waals surface area contributed by atoms with Crippen LogP contribution in [0, 0.1) is 17.3 Å². The first-order valence-corrected chi connectivity index (χ1v) is 5.57. The molecule has 0 saturated heterocycles. The summed E-state index contributed by atoms with van der Waals surface area (Å²) in [6.07, 6.45) is 11.7. The molecule has 3 rings (SSSR count). The van der Waals surface area contributed by atoms with Crippen molar-refractivity contribution in [2.75, 3.05) is 0 Å². The molecule has 2 saturated carbocycles. The van der Waals surface area contributed by atoms with E-state index in [-0.39, 0.29) is 5.41 Å². The lowest BCUT2D eigenvalue weighted by molar-refractivity contribution is -0.128. The smallest absolute Gasteiger partial charge is 0.162 e. The van der Waals surface area contributed by atoms with Gasteiger partial charge in [0.15, 0.2) is 5.78 Å². The Morgan fingerprint density at radius 1 is 1.23 bits per heavy atom. The Kier molecular flexibility index (Phi) is 1.47. The fourth-order valence-corrected chi connectivity index (χ4v) is 3.93. The summed E-state index contributed by atoms with van der Waals surface area (Å²) in [6.45, 7) is 0. The largest absolute Gasteiger partial charge is 0.294 e.